The molecule has 0 saturated carbocycles. The van der Waals surface area contributed by atoms with Crippen molar-refractivity contribution in [2.75, 3.05) is 0 Å². The minimum atomic E-state index is -1.38. The standard InChI is InChI=1S/C8H8BNO2/c11-9(12)8-2-1-6-4-10-5-7(6)3-8/h1-4,11-12H,5H2. The minimum absolute atomic E-state index is 0.527. The molecule has 0 amide bonds. The van der Waals surface area contributed by atoms with Gasteiger partial charge in [0.05, 0.1) is 6.54 Å². The summed E-state index contributed by atoms with van der Waals surface area (Å²) in [6, 6.07) is 5.31. The Morgan fingerprint density at radius 2 is 2.17 bits per heavy atom. The van der Waals surface area contributed by atoms with Crippen molar-refractivity contribution in [1.29, 1.82) is 0 Å². The van der Waals surface area contributed by atoms with Gasteiger partial charge in [0, 0.05) is 6.21 Å². The lowest BCUT2D eigenvalue weighted by atomic mass is 9.79. The third-order valence-electron chi connectivity index (χ3n) is 1.96. The number of benzene rings is 1. The van der Waals surface area contributed by atoms with Crippen molar-refractivity contribution >= 4 is 18.8 Å². The number of rotatable bonds is 1. The predicted octanol–water partition coefficient (Wildman–Crippen LogP) is -0.701. The Morgan fingerprint density at radius 1 is 1.33 bits per heavy atom. The van der Waals surface area contributed by atoms with Crippen molar-refractivity contribution in [3.8, 4) is 0 Å². The Bertz CT molecular complexity index is 336. The fourth-order valence-corrected chi connectivity index (χ4v) is 1.29. The molecule has 0 radical (unpaired) electrons. The van der Waals surface area contributed by atoms with E-state index in [2.05, 4.69) is 4.99 Å². The van der Waals surface area contributed by atoms with Gasteiger partial charge >= 0.3 is 7.12 Å². The normalized spacial score (nSPS) is 13.2. The largest absolute Gasteiger partial charge is 0.488 e. The molecule has 1 aliphatic heterocycles. The Hall–Kier alpha value is -1.13. The first-order valence-corrected chi connectivity index (χ1v) is 3.76. The first kappa shape index (κ1) is 7.52. The molecule has 0 aliphatic carbocycles. The van der Waals surface area contributed by atoms with Gasteiger partial charge in [0.15, 0.2) is 0 Å². The molecule has 60 valence electrons. The number of nitrogens with zero attached hydrogens (tertiary/aromatic N) is 1. The van der Waals surface area contributed by atoms with Crippen LogP contribution in [0.2, 0.25) is 0 Å². The molecule has 2 rings (SSSR count). The predicted molar refractivity (Wildman–Crippen MR) is 47.6 cm³/mol. The zero-order valence-electron chi connectivity index (χ0n) is 6.44. The molecular weight excluding hydrogens is 153 g/mol. The number of hydrogen-bond acceptors (Lipinski definition) is 3. The summed E-state index contributed by atoms with van der Waals surface area (Å²) in [5, 5.41) is 17.7. The van der Waals surface area contributed by atoms with E-state index >= 15 is 0 Å². The highest BCUT2D eigenvalue weighted by atomic mass is 16.4. The van der Waals surface area contributed by atoms with Gasteiger partial charge in [-0.1, -0.05) is 18.2 Å². The number of aliphatic imine (C=N–C) groups is 1. The fraction of sp³-hybridized carbons (Fsp3) is 0.125. The monoisotopic (exact) mass is 161 g/mol. The van der Waals surface area contributed by atoms with Gasteiger partial charge in [-0.25, -0.2) is 0 Å². The molecule has 1 aliphatic rings. The summed E-state index contributed by atoms with van der Waals surface area (Å²) in [5.74, 6) is 0. The first-order chi connectivity index (χ1) is 5.77. The lowest BCUT2D eigenvalue weighted by Gasteiger charge is -2.01. The maximum atomic E-state index is 8.87. The smallest absolute Gasteiger partial charge is 0.423 e. The molecule has 3 nitrogen and oxygen atoms in total. The van der Waals surface area contributed by atoms with Crippen molar-refractivity contribution in [2.45, 2.75) is 6.54 Å². The van der Waals surface area contributed by atoms with Gasteiger partial charge in [-0.15, -0.1) is 0 Å². The van der Waals surface area contributed by atoms with Crippen molar-refractivity contribution in [2.24, 2.45) is 4.99 Å². The zero-order valence-corrected chi connectivity index (χ0v) is 6.44. The fourth-order valence-electron chi connectivity index (χ4n) is 1.29. The second kappa shape index (κ2) is 2.73. The number of hydrogen-bond donors (Lipinski definition) is 2. The quantitative estimate of drug-likeness (QED) is 0.535. The van der Waals surface area contributed by atoms with E-state index in [4.69, 9.17) is 10.0 Å². The van der Waals surface area contributed by atoms with Crippen molar-refractivity contribution in [3.05, 3.63) is 29.3 Å². The Balaban J connectivity index is 2.42. The highest BCUT2D eigenvalue weighted by molar-refractivity contribution is 6.58. The Labute approximate surface area is 70.5 Å². The zero-order chi connectivity index (χ0) is 8.55. The summed E-state index contributed by atoms with van der Waals surface area (Å²) in [7, 11) is -1.38. The summed E-state index contributed by atoms with van der Waals surface area (Å²) < 4.78 is 0. The van der Waals surface area contributed by atoms with Gasteiger partial charge in [0.25, 0.3) is 0 Å². The van der Waals surface area contributed by atoms with Crippen LogP contribution < -0.4 is 5.46 Å². The Morgan fingerprint density at radius 3 is 2.92 bits per heavy atom. The highest BCUT2D eigenvalue weighted by Crippen LogP contribution is 2.11. The maximum absolute atomic E-state index is 8.87. The molecule has 12 heavy (non-hydrogen) atoms. The molecule has 2 N–H and O–H groups in total. The summed E-state index contributed by atoms with van der Waals surface area (Å²) in [6.07, 6.45) is 1.79. The van der Waals surface area contributed by atoms with E-state index in [0.29, 0.717) is 12.0 Å². The van der Waals surface area contributed by atoms with Gasteiger partial charge in [0.1, 0.15) is 0 Å². The topological polar surface area (TPSA) is 52.8 Å². The van der Waals surface area contributed by atoms with Crippen LogP contribution in [0, 0.1) is 0 Å². The molecule has 1 aromatic carbocycles. The van der Waals surface area contributed by atoms with Crippen LogP contribution in [-0.4, -0.2) is 23.4 Å². The SMILES string of the molecule is OB(O)c1ccc2c(c1)CN=C2. The van der Waals surface area contributed by atoms with Crippen LogP contribution in [0.25, 0.3) is 0 Å². The second-order valence-corrected chi connectivity index (χ2v) is 2.80. The molecule has 0 unspecified atom stereocenters. The van der Waals surface area contributed by atoms with E-state index in [1.54, 1.807) is 18.3 Å². The van der Waals surface area contributed by atoms with Gasteiger partial charge < -0.3 is 10.0 Å². The summed E-state index contributed by atoms with van der Waals surface area (Å²) >= 11 is 0. The molecular formula is C8H8BNO2. The lowest BCUT2D eigenvalue weighted by Crippen LogP contribution is -2.30. The van der Waals surface area contributed by atoms with Crippen LogP contribution in [-0.2, 0) is 6.54 Å². The lowest BCUT2D eigenvalue weighted by molar-refractivity contribution is 0.425. The van der Waals surface area contributed by atoms with Gasteiger partial charge in [0.2, 0.25) is 0 Å². The highest BCUT2D eigenvalue weighted by Gasteiger charge is 2.13. The van der Waals surface area contributed by atoms with Crippen LogP contribution in [0.1, 0.15) is 11.1 Å². The van der Waals surface area contributed by atoms with E-state index < -0.39 is 7.12 Å². The first-order valence-electron chi connectivity index (χ1n) is 3.76. The van der Waals surface area contributed by atoms with Crippen molar-refractivity contribution in [1.82, 2.24) is 0 Å². The summed E-state index contributed by atoms with van der Waals surface area (Å²) in [6.45, 7) is 0.649. The van der Waals surface area contributed by atoms with Crippen LogP contribution in [0.4, 0.5) is 0 Å². The molecule has 0 atom stereocenters. The van der Waals surface area contributed by atoms with E-state index in [9.17, 15) is 0 Å². The van der Waals surface area contributed by atoms with E-state index in [1.807, 2.05) is 6.07 Å². The molecule has 0 aromatic heterocycles. The molecule has 0 spiro atoms. The summed E-state index contributed by atoms with van der Waals surface area (Å²) in [5.41, 5.74) is 2.65. The maximum Gasteiger partial charge on any atom is 0.488 e. The van der Waals surface area contributed by atoms with E-state index in [-0.39, 0.29) is 0 Å². The summed E-state index contributed by atoms with van der Waals surface area (Å²) in [4.78, 5) is 4.06. The van der Waals surface area contributed by atoms with Gasteiger partial charge in [-0.3, -0.25) is 4.99 Å². The third kappa shape index (κ3) is 1.15. The molecule has 1 heterocycles. The van der Waals surface area contributed by atoms with Gasteiger partial charge in [-0.2, -0.15) is 0 Å². The van der Waals surface area contributed by atoms with E-state index in [1.165, 1.54) is 0 Å². The number of fused-ring (bicyclic) bond motifs is 1. The average Bonchev–Trinajstić information content (AvgIpc) is 2.49. The third-order valence-corrected chi connectivity index (χ3v) is 1.96. The van der Waals surface area contributed by atoms with Crippen molar-refractivity contribution in [3.63, 3.8) is 0 Å². The second-order valence-electron chi connectivity index (χ2n) is 2.80. The van der Waals surface area contributed by atoms with Crippen LogP contribution >= 0.6 is 0 Å². The molecule has 1 aromatic rings. The minimum Gasteiger partial charge on any atom is -0.423 e. The Kier molecular flexibility index (Phi) is 1.71. The molecule has 4 heteroatoms. The molecule has 0 fully saturated rings. The van der Waals surface area contributed by atoms with Crippen molar-refractivity contribution < 1.29 is 10.0 Å². The van der Waals surface area contributed by atoms with Crippen LogP contribution in [0.15, 0.2) is 23.2 Å². The average molecular weight is 161 g/mol. The van der Waals surface area contributed by atoms with Crippen LogP contribution in [0.3, 0.4) is 0 Å². The van der Waals surface area contributed by atoms with E-state index in [0.717, 1.165) is 11.1 Å². The molecule has 0 bridgehead atoms. The van der Waals surface area contributed by atoms with Gasteiger partial charge in [-0.05, 0) is 16.6 Å². The molecule has 0 saturated heterocycles. The van der Waals surface area contributed by atoms with Crippen LogP contribution in [0.5, 0.6) is 0 Å².